The topological polar surface area (TPSA) is 47.6 Å². The first-order valence-corrected chi connectivity index (χ1v) is 5.66. The molecule has 0 radical (unpaired) electrons. The van der Waals surface area contributed by atoms with Crippen molar-refractivity contribution in [2.75, 3.05) is 6.54 Å². The van der Waals surface area contributed by atoms with E-state index < -0.39 is 0 Å². The average Bonchev–Trinajstić information content (AvgIpc) is 2.80. The lowest BCUT2D eigenvalue weighted by atomic mass is 9.77. The second kappa shape index (κ2) is 2.65. The average molecular weight is 194 g/mol. The molecule has 0 amide bonds. The molecule has 4 atom stereocenters. The fourth-order valence-corrected chi connectivity index (χ4v) is 3.72. The number of nitrogens with zero attached hydrogens (tertiary/aromatic N) is 1. The van der Waals surface area contributed by atoms with Crippen molar-refractivity contribution in [3.8, 4) is 0 Å². The summed E-state index contributed by atoms with van der Waals surface area (Å²) in [6, 6.07) is 0.398. The first-order valence-electron chi connectivity index (χ1n) is 5.66. The third-order valence-corrected chi connectivity index (χ3v) is 4.41. The molecule has 4 unspecified atom stereocenters. The van der Waals surface area contributed by atoms with Gasteiger partial charge in [-0.05, 0) is 38.0 Å². The highest BCUT2D eigenvalue weighted by Gasteiger charge is 2.51. The third-order valence-electron chi connectivity index (χ3n) is 4.41. The molecule has 1 heterocycles. The first kappa shape index (κ1) is 8.57. The largest absolute Gasteiger partial charge is 0.457 e. The molecule has 0 aromatic rings. The lowest BCUT2D eigenvalue weighted by molar-refractivity contribution is 0.0129. The standard InChI is InChI=1S/C11H18N2O/c1-11(6-13-10(12)14-11)9-5-7-2-3-8(9)4-7/h7-9H,2-6H2,1H3,(H2,12,13). The monoisotopic (exact) mass is 194 g/mol. The normalized spacial score (nSPS) is 50.6. The SMILES string of the molecule is CC1(C2CC3CCC2C3)CN=C(N)O1. The summed E-state index contributed by atoms with van der Waals surface area (Å²) in [6.07, 6.45) is 5.59. The number of hydrogen-bond acceptors (Lipinski definition) is 3. The van der Waals surface area contributed by atoms with Crippen LogP contribution in [0.1, 0.15) is 32.6 Å². The van der Waals surface area contributed by atoms with Gasteiger partial charge in [0, 0.05) is 5.92 Å². The molecule has 0 saturated heterocycles. The van der Waals surface area contributed by atoms with Crippen LogP contribution in [-0.4, -0.2) is 18.2 Å². The molecule has 0 spiro atoms. The Hall–Kier alpha value is -0.730. The van der Waals surface area contributed by atoms with E-state index in [1.807, 2.05) is 0 Å². The van der Waals surface area contributed by atoms with E-state index in [0.29, 0.717) is 11.9 Å². The number of aliphatic imine (C=N–C) groups is 1. The molecule has 3 heteroatoms. The second-order valence-electron chi connectivity index (χ2n) is 5.35. The quantitative estimate of drug-likeness (QED) is 0.688. The van der Waals surface area contributed by atoms with Crippen molar-refractivity contribution < 1.29 is 4.74 Å². The molecule has 3 aliphatic rings. The van der Waals surface area contributed by atoms with Crippen molar-refractivity contribution in [3.05, 3.63) is 0 Å². The summed E-state index contributed by atoms with van der Waals surface area (Å²) in [5.74, 6) is 2.55. The van der Waals surface area contributed by atoms with Gasteiger partial charge in [-0.2, -0.15) is 0 Å². The molecule has 2 bridgehead atoms. The number of nitrogens with two attached hydrogens (primary N) is 1. The Labute approximate surface area is 84.7 Å². The maximum atomic E-state index is 5.71. The Morgan fingerprint density at radius 3 is 2.79 bits per heavy atom. The zero-order valence-electron chi connectivity index (χ0n) is 8.70. The van der Waals surface area contributed by atoms with Crippen LogP contribution in [0, 0.1) is 17.8 Å². The van der Waals surface area contributed by atoms with Crippen LogP contribution in [0.3, 0.4) is 0 Å². The minimum Gasteiger partial charge on any atom is -0.457 e. The van der Waals surface area contributed by atoms with Crippen molar-refractivity contribution in [2.45, 2.75) is 38.2 Å². The van der Waals surface area contributed by atoms with E-state index in [0.717, 1.165) is 18.4 Å². The maximum absolute atomic E-state index is 5.71. The van der Waals surface area contributed by atoms with Gasteiger partial charge >= 0.3 is 0 Å². The Morgan fingerprint density at radius 2 is 2.29 bits per heavy atom. The van der Waals surface area contributed by atoms with E-state index in [1.54, 1.807) is 0 Å². The Balaban J connectivity index is 1.77. The fraction of sp³-hybridized carbons (Fsp3) is 0.909. The highest BCUT2D eigenvalue weighted by atomic mass is 16.5. The third kappa shape index (κ3) is 1.07. The number of amidine groups is 1. The Morgan fingerprint density at radius 1 is 1.43 bits per heavy atom. The van der Waals surface area contributed by atoms with Gasteiger partial charge < -0.3 is 10.5 Å². The van der Waals surface area contributed by atoms with E-state index >= 15 is 0 Å². The summed E-state index contributed by atoms with van der Waals surface area (Å²) < 4.78 is 5.71. The predicted molar refractivity (Wildman–Crippen MR) is 54.9 cm³/mol. The van der Waals surface area contributed by atoms with Crippen molar-refractivity contribution >= 4 is 6.02 Å². The number of rotatable bonds is 1. The van der Waals surface area contributed by atoms with Gasteiger partial charge in [0.1, 0.15) is 5.60 Å². The molecule has 3 rings (SSSR count). The summed E-state index contributed by atoms with van der Waals surface area (Å²) in [4.78, 5) is 4.19. The van der Waals surface area contributed by atoms with Crippen LogP contribution >= 0.6 is 0 Å². The van der Waals surface area contributed by atoms with Crippen molar-refractivity contribution in [1.82, 2.24) is 0 Å². The molecule has 2 fully saturated rings. The first-order chi connectivity index (χ1) is 6.67. The van der Waals surface area contributed by atoms with Gasteiger partial charge in [0.25, 0.3) is 6.02 Å². The summed E-state index contributed by atoms with van der Waals surface area (Å²) >= 11 is 0. The van der Waals surface area contributed by atoms with Crippen LogP contribution in [0.15, 0.2) is 4.99 Å². The zero-order valence-corrected chi connectivity index (χ0v) is 8.70. The molecular formula is C11H18N2O. The van der Waals surface area contributed by atoms with E-state index in [9.17, 15) is 0 Å². The van der Waals surface area contributed by atoms with E-state index in [-0.39, 0.29) is 5.60 Å². The molecule has 2 saturated carbocycles. The second-order valence-corrected chi connectivity index (χ2v) is 5.35. The van der Waals surface area contributed by atoms with Gasteiger partial charge in [-0.1, -0.05) is 6.42 Å². The van der Waals surface area contributed by atoms with Gasteiger partial charge in [0.05, 0.1) is 6.54 Å². The Kier molecular flexibility index (Phi) is 1.62. The highest BCUT2D eigenvalue weighted by Crippen LogP contribution is 2.53. The van der Waals surface area contributed by atoms with E-state index in [4.69, 9.17) is 10.5 Å². The summed E-state index contributed by atoms with van der Waals surface area (Å²) in [7, 11) is 0. The maximum Gasteiger partial charge on any atom is 0.282 e. The van der Waals surface area contributed by atoms with E-state index in [2.05, 4.69) is 11.9 Å². The molecule has 2 N–H and O–H groups in total. The molecule has 3 nitrogen and oxygen atoms in total. The molecule has 1 aliphatic heterocycles. The van der Waals surface area contributed by atoms with Gasteiger partial charge in [0.2, 0.25) is 0 Å². The van der Waals surface area contributed by atoms with Crippen LogP contribution < -0.4 is 5.73 Å². The minimum absolute atomic E-state index is 0.0794. The number of ether oxygens (including phenoxy) is 1. The molecule has 0 aromatic carbocycles. The predicted octanol–water partition coefficient (Wildman–Crippen LogP) is 1.53. The molecule has 78 valence electrons. The van der Waals surface area contributed by atoms with Crippen LogP contribution in [0.2, 0.25) is 0 Å². The van der Waals surface area contributed by atoms with Crippen molar-refractivity contribution in [3.63, 3.8) is 0 Å². The lowest BCUT2D eigenvalue weighted by Gasteiger charge is -2.35. The van der Waals surface area contributed by atoms with Crippen molar-refractivity contribution in [1.29, 1.82) is 0 Å². The van der Waals surface area contributed by atoms with Crippen molar-refractivity contribution in [2.24, 2.45) is 28.5 Å². The molecule has 0 aromatic heterocycles. The summed E-state index contributed by atoms with van der Waals surface area (Å²) in [5, 5.41) is 0. The number of fused-ring (bicyclic) bond motifs is 2. The molecule has 14 heavy (non-hydrogen) atoms. The Bertz CT molecular complexity index is 289. The van der Waals surface area contributed by atoms with Gasteiger partial charge in [-0.15, -0.1) is 0 Å². The van der Waals surface area contributed by atoms with Gasteiger partial charge in [-0.3, -0.25) is 0 Å². The van der Waals surface area contributed by atoms with E-state index in [1.165, 1.54) is 25.7 Å². The molecular weight excluding hydrogens is 176 g/mol. The summed E-state index contributed by atoms with van der Waals surface area (Å²) in [5.41, 5.74) is 5.52. The number of hydrogen-bond donors (Lipinski definition) is 1. The van der Waals surface area contributed by atoms with Crippen LogP contribution in [-0.2, 0) is 4.74 Å². The van der Waals surface area contributed by atoms with Crippen LogP contribution in [0.5, 0.6) is 0 Å². The molecule has 2 aliphatic carbocycles. The summed E-state index contributed by atoms with van der Waals surface area (Å²) in [6.45, 7) is 2.95. The zero-order chi connectivity index (χ0) is 9.76. The van der Waals surface area contributed by atoms with Gasteiger partial charge in [-0.25, -0.2) is 4.99 Å². The minimum atomic E-state index is -0.0794. The smallest absolute Gasteiger partial charge is 0.282 e. The van der Waals surface area contributed by atoms with Crippen LogP contribution in [0.25, 0.3) is 0 Å². The fourth-order valence-electron chi connectivity index (χ4n) is 3.72. The lowest BCUT2D eigenvalue weighted by Crippen LogP contribution is -2.42. The van der Waals surface area contributed by atoms with Gasteiger partial charge in [0.15, 0.2) is 0 Å². The van der Waals surface area contributed by atoms with Crippen LogP contribution in [0.4, 0.5) is 0 Å². The highest BCUT2D eigenvalue weighted by molar-refractivity contribution is 5.73.